The molecule has 6 fully saturated rings. The van der Waals surface area contributed by atoms with Gasteiger partial charge in [-0.25, -0.2) is 0 Å². The molecular formula is C23H38O. The van der Waals surface area contributed by atoms with Crippen LogP contribution in [0.1, 0.15) is 91.9 Å². The Morgan fingerprint density at radius 1 is 0.708 bits per heavy atom. The van der Waals surface area contributed by atoms with Gasteiger partial charge in [0.1, 0.15) is 5.78 Å². The van der Waals surface area contributed by atoms with Crippen LogP contribution in [0.2, 0.25) is 0 Å². The van der Waals surface area contributed by atoms with Gasteiger partial charge < -0.3 is 0 Å². The van der Waals surface area contributed by atoms with Crippen molar-refractivity contribution in [1.82, 2.24) is 0 Å². The molecule has 6 aliphatic rings. The second-order valence-electron chi connectivity index (χ2n) is 10.7. The third-order valence-corrected chi connectivity index (χ3v) is 10.1. The fourth-order valence-corrected chi connectivity index (χ4v) is 7.90. The summed E-state index contributed by atoms with van der Waals surface area (Å²) in [6, 6.07) is 0. The van der Waals surface area contributed by atoms with E-state index in [-0.39, 0.29) is 0 Å². The van der Waals surface area contributed by atoms with Crippen molar-refractivity contribution in [3.63, 3.8) is 0 Å². The van der Waals surface area contributed by atoms with Gasteiger partial charge in [0.2, 0.25) is 0 Å². The van der Waals surface area contributed by atoms with Crippen LogP contribution in [-0.2, 0) is 4.79 Å². The van der Waals surface area contributed by atoms with Crippen LogP contribution in [0.3, 0.4) is 0 Å². The summed E-state index contributed by atoms with van der Waals surface area (Å²) >= 11 is 0. The van der Waals surface area contributed by atoms with Gasteiger partial charge in [-0.05, 0) is 97.7 Å². The molecule has 0 spiro atoms. The van der Waals surface area contributed by atoms with Crippen molar-refractivity contribution in [2.24, 2.45) is 46.3 Å². The molecule has 0 amide bonds. The summed E-state index contributed by atoms with van der Waals surface area (Å²) in [7, 11) is 0. The molecule has 0 radical (unpaired) electrons. The lowest BCUT2D eigenvalue weighted by Gasteiger charge is -2.56. The smallest absolute Gasteiger partial charge is 0.134 e. The van der Waals surface area contributed by atoms with Crippen LogP contribution in [0.5, 0.6) is 0 Å². The number of rotatable bonds is 4. The number of hydrogen-bond donors (Lipinski definition) is 0. The van der Waals surface area contributed by atoms with Crippen LogP contribution in [0, 0.1) is 46.3 Å². The third-order valence-electron chi connectivity index (χ3n) is 10.1. The number of carbonyl (C=O) groups is 1. The highest BCUT2D eigenvalue weighted by Crippen LogP contribution is 2.60. The normalized spacial score (nSPS) is 53.3. The van der Waals surface area contributed by atoms with Crippen molar-refractivity contribution in [1.29, 1.82) is 0 Å². The van der Waals surface area contributed by atoms with Crippen molar-refractivity contribution in [3.8, 4) is 0 Å². The highest BCUT2D eigenvalue weighted by atomic mass is 16.1. The minimum absolute atomic E-state index is 0.297. The first-order valence-corrected chi connectivity index (χ1v) is 10.9. The van der Waals surface area contributed by atoms with Gasteiger partial charge in [-0.15, -0.1) is 0 Å². The Bertz CT molecular complexity index is 442. The Hall–Kier alpha value is -0.330. The van der Waals surface area contributed by atoms with Crippen LogP contribution in [0.15, 0.2) is 0 Å². The van der Waals surface area contributed by atoms with Gasteiger partial charge in [-0.1, -0.05) is 27.7 Å². The molecule has 0 heterocycles. The molecule has 0 N–H and O–H groups in total. The maximum Gasteiger partial charge on any atom is 0.134 e. The Balaban J connectivity index is 1.47. The zero-order valence-corrected chi connectivity index (χ0v) is 16.4. The maximum absolute atomic E-state index is 13.2. The quantitative estimate of drug-likeness (QED) is 0.594. The van der Waals surface area contributed by atoms with Gasteiger partial charge in [0, 0.05) is 12.8 Å². The second kappa shape index (κ2) is 5.85. The fourth-order valence-electron chi connectivity index (χ4n) is 7.90. The van der Waals surface area contributed by atoms with Crippen molar-refractivity contribution in [3.05, 3.63) is 0 Å². The lowest BCUT2D eigenvalue weighted by molar-refractivity contribution is -0.136. The lowest BCUT2D eigenvalue weighted by Crippen LogP contribution is -2.50. The number of fused-ring (bicyclic) bond motifs is 6. The first-order chi connectivity index (χ1) is 11.3. The Kier molecular flexibility index (Phi) is 4.17. The minimum Gasteiger partial charge on any atom is -0.300 e. The van der Waals surface area contributed by atoms with Crippen LogP contribution in [-0.4, -0.2) is 5.78 Å². The van der Waals surface area contributed by atoms with E-state index in [9.17, 15) is 4.79 Å². The monoisotopic (exact) mass is 330 g/mol. The van der Waals surface area contributed by atoms with E-state index in [2.05, 4.69) is 27.7 Å². The molecule has 24 heavy (non-hydrogen) atoms. The Morgan fingerprint density at radius 2 is 1.04 bits per heavy atom. The zero-order chi connectivity index (χ0) is 17.1. The number of ketones is 1. The summed E-state index contributed by atoms with van der Waals surface area (Å²) < 4.78 is 0. The molecule has 0 saturated heterocycles. The van der Waals surface area contributed by atoms with Crippen LogP contribution < -0.4 is 0 Å². The summed E-state index contributed by atoms with van der Waals surface area (Å²) in [4.78, 5) is 13.2. The predicted molar refractivity (Wildman–Crippen MR) is 99.7 cm³/mol. The topological polar surface area (TPSA) is 17.1 Å². The summed E-state index contributed by atoms with van der Waals surface area (Å²) in [5.41, 5.74) is 0.594. The van der Waals surface area contributed by atoms with E-state index in [4.69, 9.17) is 0 Å². The lowest BCUT2D eigenvalue weighted by atomic mass is 9.48. The molecule has 136 valence electrons. The molecule has 6 rings (SSSR count). The molecular weight excluding hydrogens is 292 g/mol. The number of Topliss-reactive ketones (excluding diaryl/α,β-unsaturated/α-hetero) is 1. The molecule has 0 aliphatic heterocycles. The standard InChI is InChI=1S/C23H38O/c1-15-17-5-9-19(10-6-17)22(15,3)13-21(24)14-23(4)16(2)18-7-11-20(23)12-8-18/h15-20H,5-14H2,1-4H3. The maximum atomic E-state index is 13.2. The minimum atomic E-state index is 0.297. The van der Waals surface area contributed by atoms with Crippen molar-refractivity contribution in [2.45, 2.75) is 91.9 Å². The van der Waals surface area contributed by atoms with Crippen molar-refractivity contribution < 1.29 is 4.79 Å². The van der Waals surface area contributed by atoms with E-state index in [0.717, 1.165) is 48.3 Å². The fraction of sp³-hybridized carbons (Fsp3) is 0.957. The Labute approximate surface area is 149 Å². The van der Waals surface area contributed by atoms with Crippen molar-refractivity contribution >= 4 is 5.78 Å². The average molecular weight is 331 g/mol. The van der Waals surface area contributed by atoms with Crippen molar-refractivity contribution in [2.75, 3.05) is 0 Å². The first kappa shape index (κ1) is 17.1. The van der Waals surface area contributed by atoms with E-state index in [0.29, 0.717) is 16.6 Å². The summed E-state index contributed by atoms with van der Waals surface area (Å²) in [5.74, 6) is 5.52. The van der Waals surface area contributed by atoms with E-state index in [1.807, 2.05) is 0 Å². The molecule has 6 saturated carbocycles. The molecule has 6 aliphatic carbocycles. The molecule has 4 atom stereocenters. The molecule has 0 aromatic carbocycles. The first-order valence-electron chi connectivity index (χ1n) is 10.9. The zero-order valence-electron chi connectivity index (χ0n) is 16.4. The molecule has 1 heteroatoms. The van der Waals surface area contributed by atoms with Gasteiger partial charge >= 0.3 is 0 Å². The Morgan fingerprint density at radius 3 is 1.33 bits per heavy atom. The summed E-state index contributed by atoms with van der Waals surface area (Å²) in [6.45, 7) is 9.83. The van der Waals surface area contributed by atoms with E-state index >= 15 is 0 Å². The van der Waals surface area contributed by atoms with Gasteiger partial charge in [0.15, 0.2) is 0 Å². The number of carbonyl (C=O) groups excluding carboxylic acids is 1. The summed E-state index contributed by atoms with van der Waals surface area (Å²) in [6.07, 6.45) is 13.0. The molecule has 1 nitrogen and oxygen atoms in total. The highest BCUT2D eigenvalue weighted by molar-refractivity contribution is 5.80. The van der Waals surface area contributed by atoms with E-state index < -0.39 is 0 Å². The van der Waals surface area contributed by atoms with Crippen LogP contribution in [0.4, 0.5) is 0 Å². The van der Waals surface area contributed by atoms with Crippen LogP contribution in [0.25, 0.3) is 0 Å². The van der Waals surface area contributed by atoms with E-state index in [1.54, 1.807) is 0 Å². The third kappa shape index (κ3) is 2.43. The SMILES string of the molecule is CC1C2CCC(CC2)C1(C)CC(=O)CC1(C)C2CCC(CC2)C1C. The van der Waals surface area contributed by atoms with Gasteiger partial charge in [-0.2, -0.15) is 0 Å². The molecule has 4 bridgehead atoms. The van der Waals surface area contributed by atoms with Gasteiger partial charge in [0.05, 0.1) is 0 Å². The van der Waals surface area contributed by atoms with Gasteiger partial charge in [-0.3, -0.25) is 4.79 Å². The predicted octanol–water partition coefficient (Wildman–Crippen LogP) is 6.26. The molecule has 0 aromatic rings. The summed E-state index contributed by atoms with van der Waals surface area (Å²) in [5, 5.41) is 0. The average Bonchev–Trinajstić information content (AvgIpc) is 2.57. The highest BCUT2D eigenvalue weighted by Gasteiger charge is 2.53. The number of hydrogen-bond acceptors (Lipinski definition) is 1. The largest absolute Gasteiger partial charge is 0.300 e. The molecule has 0 aromatic heterocycles. The molecule has 4 unspecified atom stereocenters. The van der Waals surface area contributed by atoms with Crippen LogP contribution >= 0.6 is 0 Å². The van der Waals surface area contributed by atoms with Gasteiger partial charge in [0.25, 0.3) is 0 Å². The second-order valence-corrected chi connectivity index (χ2v) is 10.7. The van der Waals surface area contributed by atoms with E-state index in [1.165, 1.54) is 51.4 Å².